The Morgan fingerprint density at radius 3 is 1.46 bits per heavy atom. The molecule has 0 fully saturated rings. The Balaban J connectivity index is 1.25. The summed E-state index contributed by atoms with van der Waals surface area (Å²) in [6, 6.07) is 69.8. The number of fused-ring (bicyclic) bond motifs is 4. The van der Waals surface area contributed by atoms with Crippen LogP contribution in [0, 0.1) is 0 Å². The van der Waals surface area contributed by atoms with Crippen LogP contribution in [0.5, 0.6) is 0 Å². The molecule has 2 heterocycles. The smallest absolute Gasteiger partial charge is 0.145 e. The lowest BCUT2D eigenvalue weighted by Crippen LogP contribution is -1.97. The molecule has 3 heteroatoms. The molecule has 0 atom stereocenters. The molecule has 10 aromatic rings. The molecular weight excluding hydrogens is 649 g/mol. The maximum atomic E-state index is 5.21. The van der Waals surface area contributed by atoms with Gasteiger partial charge in [0.05, 0.1) is 11.0 Å². The van der Waals surface area contributed by atoms with Crippen molar-refractivity contribution in [3.8, 4) is 61.6 Å². The Bertz CT molecular complexity index is 2870. The van der Waals surface area contributed by atoms with E-state index in [-0.39, 0.29) is 0 Å². The molecule has 0 saturated heterocycles. The second-order valence-electron chi connectivity index (χ2n) is 13.2. The van der Waals surface area contributed by atoms with Crippen LogP contribution in [0.4, 0.5) is 0 Å². The summed E-state index contributed by atoms with van der Waals surface area (Å²) in [5, 5.41) is 2.55. The zero-order chi connectivity index (χ0) is 34.4. The molecule has 244 valence electrons. The van der Waals surface area contributed by atoms with Crippen LogP contribution in [-0.2, 0) is 0 Å². The van der Waals surface area contributed by atoms with Crippen LogP contribution in [-0.4, -0.2) is 9.55 Å². The molecule has 52 heavy (non-hydrogen) atoms. The first-order valence-electron chi connectivity index (χ1n) is 17.6. The number of thiophene rings is 1. The minimum Gasteiger partial charge on any atom is -0.292 e. The second kappa shape index (κ2) is 12.6. The topological polar surface area (TPSA) is 17.8 Å². The lowest BCUT2D eigenvalue weighted by molar-refractivity contribution is 1.10. The Morgan fingerprint density at radius 1 is 0.365 bits per heavy atom. The van der Waals surface area contributed by atoms with E-state index in [1.807, 2.05) is 11.3 Å². The third-order valence-electron chi connectivity index (χ3n) is 9.98. The molecule has 0 saturated carbocycles. The first-order valence-corrected chi connectivity index (χ1v) is 18.4. The van der Waals surface area contributed by atoms with Gasteiger partial charge >= 0.3 is 0 Å². The van der Waals surface area contributed by atoms with E-state index in [0.717, 1.165) is 28.1 Å². The van der Waals surface area contributed by atoms with Crippen LogP contribution in [0.1, 0.15) is 0 Å². The van der Waals surface area contributed by atoms with E-state index >= 15 is 0 Å². The number of imidazole rings is 1. The lowest BCUT2D eigenvalue weighted by Gasteiger charge is -2.12. The predicted molar refractivity (Wildman–Crippen MR) is 221 cm³/mol. The summed E-state index contributed by atoms with van der Waals surface area (Å²) in [6.45, 7) is 0. The summed E-state index contributed by atoms with van der Waals surface area (Å²) in [6.07, 6.45) is 0. The monoisotopic (exact) mass is 680 g/mol. The molecular formula is C49H32N2S. The van der Waals surface area contributed by atoms with Crippen molar-refractivity contribution in [3.05, 3.63) is 194 Å². The molecule has 0 radical (unpaired) electrons. The van der Waals surface area contributed by atoms with Gasteiger partial charge in [0, 0.05) is 42.6 Å². The van der Waals surface area contributed by atoms with Crippen molar-refractivity contribution < 1.29 is 0 Å². The van der Waals surface area contributed by atoms with Crippen molar-refractivity contribution in [2.45, 2.75) is 0 Å². The first-order chi connectivity index (χ1) is 25.8. The van der Waals surface area contributed by atoms with Gasteiger partial charge in [-0.2, -0.15) is 0 Å². The van der Waals surface area contributed by atoms with E-state index < -0.39 is 0 Å². The average Bonchev–Trinajstić information content (AvgIpc) is 3.81. The molecule has 0 unspecified atom stereocenters. The molecule has 0 amide bonds. The number of hydrogen-bond acceptors (Lipinski definition) is 2. The average molecular weight is 681 g/mol. The summed E-state index contributed by atoms with van der Waals surface area (Å²) in [5.74, 6) is 0.930. The van der Waals surface area contributed by atoms with Crippen molar-refractivity contribution >= 4 is 42.5 Å². The fourth-order valence-electron chi connectivity index (χ4n) is 7.50. The third-order valence-corrected chi connectivity index (χ3v) is 11.3. The van der Waals surface area contributed by atoms with Gasteiger partial charge in [0.2, 0.25) is 0 Å². The highest BCUT2D eigenvalue weighted by molar-refractivity contribution is 7.27. The van der Waals surface area contributed by atoms with Gasteiger partial charge in [0.25, 0.3) is 0 Å². The zero-order valence-electron chi connectivity index (χ0n) is 28.3. The molecule has 0 N–H and O–H groups in total. The molecule has 2 aromatic heterocycles. The van der Waals surface area contributed by atoms with Gasteiger partial charge in [-0.25, -0.2) is 4.98 Å². The summed E-state index contributed by atoms with van der Waals surface area (Å²) in [5.41, 5.74) is 14.0. The normalized spacial score (nSPS) is 11.5. The van der Waals surface area contributed by atoms with E-state index in [9.17, 15) is 0 Å². The van der Waals surface area contributed by atoms with Crippen LogP contribution < -0.4 is 0 Å². The minimum atomic E-state index is 0.930. The quantitative estimate of drug-likeness (QED) is 0.171. The summed E-state index contributed by atoms with van der Waals surface area (Å²) < 4.78 is 4.86. The number of benzene rings is 8. The Hall–Kier alpha value is -6.55. The van der Waals surface area contributed by atoms with Crippen molar-refractivity contribution in [1.29, 1.82) is 0 Å². The number of rotatable bonds is 6. The van der Waals surface area contributed by atoms with E-state index in [4.69, 9.17) is 4.98 Å². The van der Waals surface area contributed by atoms with Gasteiger partial charge < -0.3 is 0 Å². The van der Waals surface area contributed by atoms with Crippen molar-refractivity contribution in [2.75, 3.05) is 0 Å². The van der Waals surface area contributed by atoms with Gasteiger partial charge in [0.1, 0.15) is 5.82 Å². The molecule has 0 bridgehead atoms. The minimum absolute atomic E-state index is 0.930. The second-order valence-corrected chi connectivity index (χ2v) is 14.2. The highest BCUT2D eigenvalue weighted by atomic mass is 32.1. The van der Waals surface area contributed by atoms with Crippen LogP contribution in [0.15, 0.2) is 194 Å². The number of aromatic nitrogens is 2. The standard InChI is InChI=1S/C49H32N2S/c1-5-16-33(17-6-1)38-29-41(35-20-9-3-10-21-35)47-43(31-38)44-32-39(34-18-7-2-8-19-34)30-42(48(44)52-47)36-22-15-23-37(28-36)49-50-45-26-13-14-27-46(45)51(49)40-24-11-4-12-25-40/h1-32H. The van der Waals surface area contributed by atoms with Crippen LogP contribution >= 0.6 is 11.3 Å². The molecule has 0 aliphatic carbocycles. The Labute approximate surface area is 306 Å². The molecule has 10 rings (SSSR count). The summed E-state index contributed by atoms with van der Waals surface area (Å²) in [7, 11) is 0. The lowest BCUT2D eigenvalue weighted by atomic mass is 9.93. The number of para-hydroxylation sites is 3. The van der Waals surface area contributed by atoms with Crippen molar-refractivity contribution in [3.63, 3.8) is 0 Å². The SMILES string of the molecule is c1ccc(-c2cc(-c3ccccc3)c3sc4c(-c5cccc(-c6nc7ccccc7n6-c6ccccc6)c5)cc(-c5ccccc5)cc4c3c2)cc1. The van der Waals surface area contributed by atoms with Crippen molar-refractivity contribution in [1.82, 2.24) is 9.55 Å². The van der Waals surface area contributed by atoms with Crippen LogP contribution in [0.3, 0.4) is 0 Å². The molecule has 8 aromatic carbocycles. The highest BCUT2D eigenvalue weighted by Gasteiger charge is 2.20. The zero-order valence-corrected chi connectivity index (χ0v) is 29.1. The fraction of sp³-hybridized carbons (Fsp3) is 0. The van der Waals surface area contributed by atoms with E-state index in [1.54, 1.807) is 0 Å². The largest absolute Gasteiger partial charge is 0.292 e. The van der Waals surface area contributed by atoms with Gasteiger partial charge in [-0.3, -0.25) is 4.57 Å². The Kier molecular flexibility index (Phi) is 7.37. The fourth-order valence-corrected chi connectivity index (χ4v) is 8.84. The van der Waals surface area contributed by atoms with Crippen LogP contribution in [0.25, 0.3) is 92.8 Å². The molecule has 0 spiro atoms. The highest BCUT2D eigenvalue weighted by Crippen LogP contribution is 2.47. The predicted octanol–water partition coefficient (Wildman–Crippen LogP) is 13.7. The first kappa shape index (κ1) is 30.3. The van der Waals surface area contributed by atoms with Gasteiger partial charge in [-0.15, -0.1) is 11.3 Å². The van der Waals surface area contributed by atoms with Crippen LogP contribution in [0.2, 0.25) is 0 Å². The van der Waals surface area contributed by atoms with Gasteiger partial charge in [-0.1, -0.05) is 140 Å². The van der Waals surface area contributed by atoms with Gasteiger partial charge in [0.15, 0.2) is 0 Å². The number of nitrogens with zero attached hydrogens (tertiary/aromatic N) is 2. The number of hydrogen-bond donors (Lipinski definition) is 0. The summed E-state index contributed by atoms with van der Waals surface area (Å²) >= 11 is 1.90. The maximum absolute atomic E-state index is 5.21. The summed E-state index contributed by atoms with van der Waals surface area (Å²) in [4.78, 5) is 5.21. The van der Waals surface area contributed by atoms with E-state index in [1.165, 1.54) is 64.7 Å². The third kappa shape index (κ3) is 5.22. The maximum Gasteiger partial charge on any atom is 0.145 e. The molecule has 0 aliphatic heterocycles. The Morgan fingerprint density at radius 2 is 0.846 bits per heavy atom. The van der Waals surface area contributed by atoms with E-state index in [0.29, 0.717) is 0 Å². The van der Waals surface area contributed by atoms with Crippen molar-refractivity contribution in [2.24, 2.45) is 0 Å². The van der Waals surface area contributed by atoms with Gasteiger partial charge in [-0.05, 0) is 88.0 Å². The van der Waals surface area contributed by atoms with E-state index in [2.05, 4.69) is 199 Å². The molecule has 2 nitrogen and oxygen atoms in total. The molecule has 0 aliphatic rings.